The first kappa shape index (κ1) is 29.6. The van der Waals surface area contributed by atoms with Crippen molar-refractivity contribution in [1.29, 1.82) is 0 Å². The van der Waals surface area contributed by atoms with E-state index < -0.39 is 0 Å². The van der Waals surface area contributed by atoms with Gasteiger partial charge < -0.3 is 8.83 Å². The van der Waals surface area contributed by atoms with Gasteiger partial charge in [0.25, 0.3) is 5.78 Å². The number of hydrogen-bond donors (Lipinski definition) is 0. The molecule has 52 heavy (non-hydrogen) atoms. The maximum Gasteiger partial charge on any atom is 0.299 e. The van der Waals surface area contributed by atoms with Crippen molar-refractivity contribution in [1.82, 2.24) is 29.9 Å². The van der Waals surface area contributed by atoms with Crippen molar-refractivity contribution in [3.63, 3.8) is 0 Å². The van der Waals surface area contributed by atoms with E-state index in [1.807, 2.05) is 158 Å². The molecule has 0 radical (unpaired) electrons. The third kappa shape index (κ3) is 5.26. The van der Waals surface area contributed by atoms with E-state index in [2.05, 4.69) is 0 Å². The fourth-order valence-electron chi connectivity index (χ4n) is 6.47. The van der Waals surface area contributed by atoms with Crippen LogP contribution in [0.1, 0.15) is 0 Å². The molecule has 0 bridgehead atoms. The van der Waals surface area contributed by atoms with E-state index in [1.54, 1.807) is 0 Å². The molecule has 0 N–H and O–H groups in total. The summed E-state index contributed by atoms with van der Waals surface area (Å²) in [5, 5.41) is 2.77. The zero-order valence-electron chi connectivity index (χ0n) is 27.5. The highest BCUT2D eigenvalue weighted by Crippen LogP contribution is 2.40. The van der Waals surface area contributed by atoms with E-state index in [0.717, 1.165) is 49.5 Å². The van der Waals surface area contributed by atoms with Crippen molar-refractivity contribution in [2.45, 2.75) is 0 Å². The molecule has 0 atom stereocenters. The topological polar surface area (TPSA) is 104 Å². The minimum Gasteiger partial charge on any atom is -0.425 e. The van der Waals surface area contributed by atoms with Crippen LogP contribution in [0.3, 0.4) is 0 Å². The molecule has 0 spiro atoms. The Morgan fingerprint density at radius 3 is 0.885 bits per heavy atom. The van der Waals surface area contributed by atoms with Gasteiger partial charge in [-0.25, -0.2) is 29.9 Å². The molecule has 0 aliphatic carbocycles. The second-order valence-corrected chi connectivity index (χ2v) is 12.4. The minimum absolute atomic E-state index is 0.440. The quantitative estimate of drug-likeness (QED) is 0.172. The normalized spacial score (nSPS) is 11.5. The molecule has 0 fully saturated rings. The molecule has 8 heteroatoms. The highest BCUT2D eigenvalue weighted by Gasteiger charge is 2.20. The van der Waals surface area contributed by atoms with E-state index in [1.165, 1.54) is 0 Å². The molecule has 10 aromatic rings. The Kier molecular flexibility index (Phi) is 6.95. The number of fused-ring (bicyclic) bond motifs is 5. The molecule has 10 rings (SSSR count). The fourth-order valence-corrected chi connectivity index (χ4v) is 6.47. The summed E-state index contributed by atoms with van der Waals surface area (Å²) in [6, 6.07) is 51.8. The van der Waals surface area contributed by atoms with Gasteiger partial charge in [0.05, 0.1) is 5.39 Å². The monoisotopic (exact) mass is 670 g/mol. The van der Waals surface area contributed by atoms with Gasteiger partial charge in [-0.05, 0) is 24.3 Å². The van der Waals surface area contributed by atoms with Gasteiger partial charge in [0.1, 0.15) is 11.2 Å². The predicted molar refractivity (Wildman–Crippen MR) is 203 cm³/mol. The van der Waals surface area contributed by atoms with Crippen LogP contribution in [0, 0.1) is 0 Å². The average Bonchev–Trinajstić information content (AvgIpc) is 3.77. The first-order chi connectivity index (χ1) is 25.7. The van der Waals surface area contributed by atoms with Crippen LogP contribution in [0.5, 0.6) is 0 Å². The van der Waals surface area contributed by atoms with Gasteiger partial charge in [-0.15, -0.1) is 0 Å². The molecular weight excluding hydrogens is 645 g/mol. The van der Waals surface area contributed by atoms with Crippen LogP contribution in [0.25, 0.3) is 101 Å². The maximum absolute atomic E-state index is 6.35. The van der Waals surface area contributed by atoms with Gasteiger partial charge in [-0.1, -0.05) is 133 Å². The lowest BCUT2D eigenvalue weighted by atomic mass is 10.1. The number of furan rings is 2. The van der Waals surface area contributed by atoms with Gasteiger partial charge in [-0.2, -0.15) is 0 Å². The second-order valence-electron chi connectivity index (χ2n) is 12.4. The Bertz CT molecular complexity index is 2580. The highest BCUT2D eigenvalue weighted by atomic mass is 16.5. The van der Waals surface area contributed by atoms with Crippen LogP contribution in [-0.2, 0) is 0 Å². The van der Waals surface area contributed by atoms with E-state index in [4.69, 9.17) is 38.7 Å². The van der Waals surface area contributed by atoms with Crippen LogP contribution < -0.4 is 0 Å². The molecular formula is C44H26N6O2. The number of benzene rings is 6. The van der Waals surface area contributed by atoms with Crippen LogP contribution in [0.4, 0.5) is 0 Å². The number of rotatable bonds is 6. The molecule has 0 aliphatic heterocycles. The summed E-state index contributed by atoms with van der Waals surface area (Å²) in [4.78, 5) is 29.2. The zero-order valence-corrected chi connectivity index (χ0v) is 27.5. The standard InChI is InChI=1S/C44H26N6O2/c1-5-13-27(14-6-1)38-45-39(28-15-7-2-8-16-28)48-42(47-38)31-21-23-33-35(25-31)51-44-37(33)34-24-22-32(26-36(34)52-44)43-49-40(29-17-9-3-10-18-29)46-41(50-43)30-19-11-4-12-20-30/h1-26H. The summed E-state index contributed by atoms with van der Waals surface area (Å²) in [5.74, 6) is 3.96. The molecule has 0 unspecified atom stereocenters. The van der Waals surface area contributed by atoms with Gasteiger partial charge in [0.15, 0.2) is 34.9 Å². The Balaban J connectivity index is 1.06. The van der Waals surface area contributed by atoms with Gasteiger partial charge in [0, 0.05) is 44.2 Å². The van der Waals surface area contributed by atoms with Crippen LogP contribution in [0.2, 0.25) is 0 Å². The van der Waals surface area contributed by atoms with E-state index in [-0.39, 0.29) is 0 Å². The fraction of sp³-hybridized carbons (Fsp3) is 0. The lowest BCUT2D eigenvalue weighted by Crippen LogP contribution is -2.00. The van der Waals surface area contributed by atoms with Crippen LogP contribution >= 0.6 is 0 Å². The van der Waals surface area contributed by atoms with Crippen molar-refractivity contribution in [2.75, 3.05) is 0 Å². The average molecular weight is 671 g/mol. The van der Waals surface area contributed by atoms with Crippen molar-refractivity contribution < 1.29 is 8.83 Å². The summed E-state index contributed by atoms with van der Waals surface area (Å²) in [6.45, 7) is 0. The van der Waals surface area contributed by atoms with Crippen LogP contribution in [-0.4, -0.2) is 29.9 Å². The van der Waals surface area contributed by atoms with Crippen LogP contribution in [0.15, 0.2) is 167 Å². The van der Waals surface area contributed by atoms with Crippen molar-refractivity contribution >= 4 is 33.1 Å². The SMILES string of the molecule is c1ccc(-c2nc(-c3ccccc3)nc(-c3ccc4c(c3)oc3oc5cc(-c6nc(-c7ccccc7)nc(-c7ccccc7)n6)ccc5c34)n2)cc1. The third-order valence-corrected chi connectivity index (χ3v) is 9.03. The van der Waals surface area contributed by atoms with Gasteiger partial charge in [0.2, 0.25) is 0 Å². The summed E-state index contributed by atoms with van der Waals surface area (Å²) < 4.78 is 12.7. The second kappa shape index (κ2) is 12.2. The Morgan fingerprint density at radius 1 is 0.288 bits per heavy atom. The Labute approximate surface area is 297 Å². The third-order valence-electron chi connectivity index (χ3n) is 9.03. The highest BCUT2D eigenvalue weighted by molar-refractivity contribution is 6.18. The minimum atomic E-state index is 0.440. The smallest absolute Gasteiger partial charge is 0.299 e. The Morgan fingerprint density at radius 2 is 0.577 bits per heavy atom. The molecule has 4 aromatic heterocycles. The van der Waals surface area contributed by atoms with Crippen molar-refractivity contribution in [3.8, 4) is 68.3 Å². The molecule has 0 amide bonds. The molecule has 8 nitrogen and oxygen atoms in total. The van der Waals surface area contributed by atoms with Gasteiger partial charge >= 0.3 is 0 Å². The summed E-state index contributed by atoms with van der Waals surface area (Å²) in [7, 11) is 0. The lowest BCUT2D eigenvalue weighted by molar-refractivity contribution is 0.524. The first-order valence-corrected chi connectivity index (χ1v) is 16.9. The molecule has 244 valence electrons. The predicted octanol–water partition coefficient (Wildman–Crippen LogP) is 10.7. The van der Waals surface area contributed by atoms with Crippen molar-refractivity contribution in [3.05, 3.63) is 158 Å². The largest absolute Gasteiger partial charge is 0.425 e. The Hall–Kier alpha value is -7.32. The summed E-state index contributed by atoms with van der Waals surface area (Å²) >= 11 is 0. The van der Waals surface area contributed by atoms with E-state index in [9.17, 15) is 0 Å². The summed E-state index contributed by atoms with van der Waals surface area (Å²) in [5.41, 5.74) is 6.63. The first-order valence-electron chi connectivity index (χ1n) is 16.9. The number of aromatic nitrogens is 6. The zero-order chi connectivity index (χ0) is 34.4. The molecule has 0 saturated heterocycles. The molecule has 6 aromatic carbocycles. The van der Waals surface area contributed by atoms with Gasteiger partial charge in [-0.3, -0.25) is 0 Å². The summed E-state index contributed by atoms with van der Waals surface area (Å²) in [6.07, 6.45) is 0. The number of hydrogen-bond acceptors (Lipinski definition) is 8. The van der Waals surface area contributed by atoms with Crippen molar-refractivity contribution in [2.24, 2.45) is 0 Å². The maximum atomic E-state index is 6.35. The van der Waals surface area contributed by atoms with E-state index in [0.29, 0.717) is 51.9 Å². The molecule has 0 aliphatic rings. The molecule has 4 heterocycles. The number of nitrogens with zero attached hydrogens (tertiary/aromatic N) is 6. The van der Waals surface area contributed by atoms with E-state index >= 15 is 0 Å². The molecule has 0 saturated carbocycles. The lowest BCUT2D eigenvalue weighted by Gasteiger charge is -2.08.